The number of nitrogens with zero attached hydrogens (tertiary/aromatic N) is 4. The Hall–Kier alpha value is -4.18. The van der Waals surface area contributed by atoms with Gasteiger partial charge in [0, 0.05) is 13.7 Å². The Morgan fingerprint density at radius 3 is 2.47 bits per heavy atom. The zero-order chi connectivity index (χ0) is 25.5. The lowest BCUT2D eigenvalue weighted by Crippen LogP contribution is -2.44. The second-order valence-electron chi connectivity index (χ2n) is 8.36. The molecule has 188 valence electrons. The molecule has 1 N–H and O–H groups in total. The zero-order valence-corrected chi connectivity index (χ0v) is 20.3. The van der Waals surface area contributed by atoms with Crippen molar-refractivity contribution in [3.63, 3.8) is 0 Å². The van der Waals surface area contributed by atoms with Crippen LogP contribution in [0.5, 0.6) is 5.75 Å². The van der Waals surface area contributed by atoms with Gasteiger partial charge in [0.15, 0.2) is 11.2 Å². The van der Waals surface area contributed by atoms with Crippen LogP contribution in [0.15, 0.2) is 70.5 Å². The molecule has 0 unspecified atom stereocenters. The normalized spacial score (nSPS) is 11.1. The molecule has 4 rings (SSSR count). The third-order valence-corrected chi connectivity index (χ3v) is 5.72. The number of hydrogen-bond donors (Lipinski definition) is 1. The third-order valence-electron chi connectivity index (χ3n) is 5.72. The molecule has 0 radical (unpaired) electrons. The van der Waals surface area contributed by atoms with Gasteiger partial charge < -0.3 is 19.4 Å². The number of carbonyl (C=O) groups is 1. The number of benzene rings is 2. The van der Waals surface area contributed by atoms with Crippen molar-refractivity contribution in [2.45, 2.75) is 26.6 Å². The molecule has 2 aromatic carbocycles. The molecule has 1 amide bonds. The van der Waals surface area contributed by atoms with Crippen LogP contribution < -0.4 is 21.3 Å². The fourth-order valence-corrected chi connectivity index (χ4v) is 3.84. The molecule has 0 fully saturated rings. The van der Waals surface area contributed by atoms with Crippen LogP contribution in [0, 0.1) is 6.92 Å². The quantitative estimate of drug-likeness (QED) is 0.319. The molecule has 10 nitrogen and oxygen atoms in total. The molecule has 0 atom stereocenters. The molecule has 0 saturated carbocycles. The van der Waals surface area contributed by atoms with Gasteiger partial charge in [-0.1, -0.05) is 48.0 Å². The minimum absolute atomic E-state index is 0.212. The van der Waals surface area contributed by atoms with Gasteiger partial charge in [-0.05, 0) is 24.6 Å². The van der Waals surface area contributed by atoms with E-state index in [0.29, 0.717) is 18.9 Å². The smallest absolute Gasteiger partial charge is 0.333 e. The number of aromatic nitrogens is 4. The van der Waals surface area contributed by atoms with E-state index in [0.717, 1.165) is 15.7 Å². The first-order valence-electron chi connectivity index (χ1n) is 11.7. The van der Waals surface area contributed by atoms with Crippen LogP contribution in [0.1, 0.15) is 11.1 Å². The predicted molar refractivity (Wildman–Crippen MR) is 135 cm³/mol. The summed E-state index contributed by atoms with van der Waals surface area (Å²) in [6.45, 7) is 3.02. The minimum Gasteiger partial charge on any atom is -0.492 e. The van der Waals surface area contributed by atoms with Gasteiger partial charge in [-0.3, -0.25) is 14.2 Å². The standard InChI is InChI=1S/C26H29N5O5/c1-19-8-10-21(11-9-19)36-14-12-27-22(32)17-31-25(33)23-24(28-18-29(23)13-15-35-2)30(26(31)34)16-20-6-4-3-5-7-20/h3-11,18H,12-17H2,1-2H3,(H,27,32). The van der Waals surface area contributed by atoms with Crippen molar-refractivity contribution in [3.05, 3.63) is 92.9 Å². The zero-order valence-electron chi connectivity index (χ0n) is 20.3. The number of fused-ring (bicyclic) bond motifs is 1. The lowest BCUT2D eigenvalue weighted by molar-refractivity contribution is -0.121. The van der Waals surface area contributed by atoms with Gasteiger partial charge in [0.25, 0.3) is 5.56 Å². The number of hydrogen-bond acceptors (Lipinski definition) is 6. The SMILES string of the molecule is COCCn1cnc2c1c(=O)n(CC(=O)NCCOc1ccc(C)cc1)c(=O)n2Cc1ccccc1. The number of rotatable bonds is 11. The van der Waals surface area contributed by atoms with E-state index in [4.69, 9.17) is 9.47 Å². The second kappa shape index (κ2) is 11.5. The average Bonchev–Trinajstić information content (AvgIpc) is 3.31. The monoisotopic (exact) mass is 491 g/mol. The number of imidazole rings is 1. The fraction of sp³-hybridized carbons (Fsp3) is 0.308. The van der Waals surface area contributed by atoms with Crippen molar-refractivity contribution >= 4 is 17.1 Å². The predicted octanol–water partition coefficient (Wildman–Crippen LogP) is 1.56. The molecule has 2 aromatic heterocycles. The van der Waals surface area contributed by atoms with E-state index in [1.54, 1.807) is 11.7 Å². The summed E-state index contributed by atoms with van der Waals surface area (Å²) in [4.78, 5) is 43.7. The third kappa shape index (κ3) is 5.72. The first-order chi connectivity index (χ1) is 17.5. The van der Waals surface area contributed by atoms with Gasteiger partial charge >= 0.3 is 5.69 Å². The van der Waals surface area contributed by atoms with Crippen molar-refractivity contribution in [1.82, 2.24) is 24.0 Å². The summed E-state index contributed by atoms with van der Waals surface area (Å²) in [7, 11) is 1.57. The number of methoxy groups -OCH3 is 1. The summed E-state index contributed by atoms with van der Waals surface area (Å²) < 4.78 is 14.8. The molecule has 0 aliphatic carbocycles. The van der Waals surface area contributed by atoms with Crippen LogP contribution in [0.2, 0.25) is 0 Å². The molecule has 0 aliphatic heterocycles. The Balaban J connectivity index is 1.56. The number of ether oxygens (including phenoxy) is 2. The highest BCUT2D eigenvalue weighted by atomic mass is 16.5. The number of nitrogens with one attached hydrogen (secondary N) is 1. The molecule has 0 spiro atoms. The molecule has 36 heavy (non-hydrogen) atoms. The molecular weight excluding hydrogens is 462 g/mol. The van der Waals surface area contributed by atoms with Gasteiger partial charge in [-0.2, -0.15) is 0 Å². The number of amides is 1. The molecule has 0 bridgehead atoms. The minimum atomic E-state index is -0.598. The average molecular weight is 492 g/mol. The van der Waals surface area contributed by atoms with Crippen molar-refractivity contribution < 1.29 is 14.3 Å². The maximum absolute atomic E-state index is 13.4. The van der Waals surface area contributed by atoms with E-state index < -0.39 is 23.7 Å². The summed E-state index contributed by atoms with van der Waals surface area (Å²) in [6.07, 6.45) is 1.51. The van der Waals surface area contributed by atoms with E-state index >= 15 is 0 Å². The molecule has 0 saturated heterocycles. The van der Waals surface area contributed by atoms with Gasteiger partial charge in [0.1, 0.15) is 18.9 Å². The van der Waals surface area contributed by atoms with Crippen molar-refractivity contribution in [2.24, 2.45) is 0 Å². The Bertz CT molecular complexity index is 1440. The van der Waals surface area contributed by atoms with Crippen LogP contribution in [-0.2, 0) is 29.2 Å². The highest BCUT2D eigenvalue weighted by molar-refractivity contribution is 5.76. The first kappa shape index (κ1) is 24.9. The Kier molecular flexibility index (Phi) is 7.96. The van der Waals surface area contributed by atoms with Crippen molar-refractivity contribution in [1.29, 1.82) is 0 Å². The van der Waals surface area contributed by atoms with Crippen molar-refractivity contribution in [3.8, 4) is 5.75 Å². The van der Waals surface area contributed by atoms with Crippen molar-refractivity contribution in [2.75, 3.05) is 26.9 Å². The maximum Gasteiger partial charge on any atom is 0.333 e. The topological polar surface area (TPSA) is 109 Å². The lowest BCUT2D eigenvalue weighted by Gasteiger charge is -2.13. The maximum atomic E-state index is 13.4. The lowest BCUT2D eigenvalue weighted by atomic mass is 10.2. The van der Waals surface area contributed by atoms with Crippen LogP contribution in [0.25, 0.3) is 11.2 Å². The summed E-state index contributed by atoms with van der Waals surface area (Å²) in [5.74, 6) is 0.236. The van der Waals surface area contributed by atoms with Gasteiger partial charge in [-0.25, -0.2) is 14.3 Å². The number of aryl methyl sites for hydroxylation is 1. The Morgan fingerprint density at radius 1 is 1.00 bits per heavy atom. The molecule has 4 aromatic rings. The van der Waals surface area contributed by atoms with Crippen LogP contribution in [0.4, 0.5) is 0 Å². The summed E-state index contributed by atoms with van der Waals surface area (Å²) in [5, 5.41) is 2.71. The molecule has 10 heteroatoms. The van der Waals surface area contributed by atoms with E-state index in [1.165, 1.54) is 10.9 Å². The van der Waals surface area contributed by atoms with Gasteiger partial charge in [-0.15, -0.1) is 0 Å². The first-order valence-corrected chi connectivity index (χ1v) is 11.7. The Labute approximate surface area is 207 Å². The highest BCUT2D eigenvalue weighted by Crippen LogP contribution is 2.11. The summed E-state index contributed by atoms with van der Waals surface area (Å²) >= 11 is 0. The van der Waals surface area contributed by atoms with Crippen LogP contribution in [-0.4, -0.2) is 51.5 Å². The molecule has 0 aliphatic rings. The largest absolute Gasteiger partial charge is 0.492 e. The second-order valence-corrected chi connectivity index (χ2v) is 8.36. The van der Waals surface area contributed by atoms with Gasteiger partial charge in [0.05, 0.1) is 26.0 Å². The molecular formula is C26H29N5O5. The summed E-state index contributed by atoms with van der Waals surface area (Å²) in [5.41, 5.74) is 1.35. The van der Waals surface area contributed by atoms with E-state index in [9.17, 15) is 14.4 Å². The van der Waals surface area contributed by atoms with E-state index in [2.05, 4.69) is 10.3 Å². The van der Waals surface area contributed by atoms with E-state index in [1.807, 2.05) is 61.5 Å². The highest BCUT2D eigenvalue weighted by Gasteiger charge is 2.20. The van der Waals surface area contributed by atoms with E-state index in [-0.39, 0.29) is 30.9 Å². The van der Waals surface area contributed by atoms with Crippen LogP contribution >= 0.6 is 0 Å². The number of carbonyl (C=O) groups excluding carboxylic acids is 1. The summed E-state index contributed by atoms with van der Waals surface area (Å²) in [6, 6.07) is 17.0. The Morgan fingerprint density at radius 2 is 1.75 bits per heavy atom. The molecule has 2 heterocycles. The fourth-order valence-electron chi connectivity index (χ4n) is 3.84. The van der Waals surface area contributed by atoms with Gasteiger partial charge in [0.2, 0.25) is 5.91 Å². The van der Waals surface area contributed by atoms with Crippen LogP contribution in [0.3, 0.4) is 0 Å².